The number of alkyl halides is 1. The summed E-state index contributed by atoms with van der Waals surface area (Å²) in [5, 5.41) is 4.25. The van der Waals surface area contributed by atoms with Crippen LogP contribution in [-0.2, 0) is 11.2 Å². The second kappa shape index (κ2) is 6.95. The number of fused-ring (bicyclic) bond motifs is 3. The summed E-state index contributed by atoms with van der Waals surface area (Å²) < 4.78 is 0. The van der Waals surface area contributed by atoms with Crippen LogP contribution in [-0.4, -0.2) is 17.8 Å². The third kappa shape index (κ3) is 3.33. The van der Waals surface area contributed by atoms with Gasteiger partial charge in [0.25, 0.3) is 0 Å². The molecule has 0 aromatic heterocycles. The molecule has 21 heavy (non-hydrogen) atoms. The third-order valence-electron chi connectivity index (χ3n) is 4.99. The standard InChI is InChI=1S/C18H24BrNO/c19-11-5-1-2-6-12-20-18(21)17-15-10-9-13-7-3-4-8-14(13)16(15)17/h3-4,7-8,15-17H,1-2,5-6,9-12H2,(H,20,21). The smallest absolute Gasteiger partial charge is 0.224 e. The number of hydrogen-bond donors (Lipinski definition) is 1. The van der Waals surface area contributed by atoms with Crippen LogP contribution in [0.5, 0.6) is 0 Å². The van der Waals surface area contributed by atoms with Crippen molar-refractivity contribution < 1.29 is 4.79 Å². The lowest BCUT2D eigenvalue weighted by Gasteiger charge is -2.13. The molecule has 0 bridgehead atoms. The Morgan fingerprint density at radius 1 is 1.19 bits per heavy atom. The molecule has 1 fully saturated rings. The minimum Gasteiger partial charge on any atom is -0.356 e. The summed E-state index contributed by atoms with van der Waals surface area (Å²) in [6, 6.07) is 8.67. The number of halogens is 1. The van der Waals surface area contributed by atoms with Gasteiger partial charge in [-0.2, -0.15) is 0 Å². The van der Waals surface area contributed by atoms with Gasteiger partial charge >= 0.3 is 0 Å². The summed E-state index contributed by atoms with van der Waals surface area (Å²) in [6.45, 7) is 0.846. The molecule has 2 aliphatic rings. The van der Waals surface area contributed by atoms with Gasteiger partial charge in [-0.3, -0.25) is 4.79 Å². The zero-order chi connectivity index (χ0) is 14.7. The molecule has 1 amide bonds. The second-order valence-electron chi connectivity index (χ2n) is 6.35. The van der Waals surface area contributed by atoms with Crippen molar-refractivity contribution in [1.29, 1.82) is 0 Å². The van der Waals surface area contributed by atoms with Gasteiger partial charge in [0.15, 0.2) is 0 Å². The van der Waals surface area contributed by atoms with Crippen molar-refractivity contribution in [2.75, 3.05) is 11.9 Å². The van der Waals surface area contributed by atoms with E-state index in [0.717, 1.165) is 24.7 Å². The summed E-state index contributed by atoms with van der Waals surface area (Å²) >= 11 is 3.45. The van der Waals surface area contributed by atoms with Crippen molar-refractivity contribution >= 4 is 21.8 Å². The molecule has 0 heterocycles. The van der Waals surface area contributed by atoms with Crippen LogP contribution in [0.4, 0.5) is 0 Å². The number of benzene rings is 1. The van der Waals surface area contributed by atoms with Crippen molar-refractivity contribution in [2.45, 2.75) is 44.4 Å². The normalized spacial score (nSPS) is 25.9. The molecular formula is C18H24BrNO. The summed E-state index contributed by atoms with van der Waals surface area (Å²) in [5.41, 5.74) is 2.90. The fraction of sp³-hybridized carbons (Fsp3) is 0.611. The first kappa shape index (κ1) is 15.1. The summed E-state index contributed by atoms with van der Waals surface area (Å²) in [7, 11) is 0. The molecule has 3 rings (SSSR count). The zero-order valence-corrected chi connectivity index (χ0v) is 14.1. The molecule has 2 aliphatic carbocycles. The Morgan fingerprint density at radius 3 is 2.86 bits per heavy atom. The summed E-state index contributed by atoms with van der Waals surface area (Å²) in [5.74, 6) is 1.65. The lowest BCUT2D eigenvalue weighted by atomic mass is 9.92. The first-order valence-electron chi connectivity index (χ1n) is 8.24. The van der Waals surface area contributed by atoms with Gasteiger partial charge in [0.05, 0.1) is 0 Å². The Hall–Kier alpha value is -0.830. The fourth-order valence-electron chi connectivity index (χ4n) is 3.83. The number of amides is 1. The Labute approximate surface area is 135 Å². The molecule has 1 aromatic rings. The van der Waals surface area contributed by atoms with Crippen molar-refractivity contribution in [2.24, 2.45) is 11.8 Å². The first-order valence-corrected chi connectivity index (χ1v) is 9.36. The van der Waals surface area contributed by atoms with Gasteiger partial charge in [0.1, 0.15) is 0 Å². The van der Waals surface area contributed by atoms with E-state index in [2.05, 4.69) is 45.5 Å². The van der Waals surface area contributed by atoms with Crippen LogP contribution in [0.25, 0.3) is 0 Å². The number of unbranched alkanes of at least 4 members (excludes halogenated alkanes) is 3. The highest BCUT2D eigenvalue weighted by molar-refractivity contribution is 9.09. The molecule has 1 saturated carbocycles. The number of carbonyl (C=O) groups excluding carboxylic acids is 1. The molecule has 0 radical (unpaired) electrons. The average Bonchev–Trinajstić information content (AvgIpc) is 3.25. The molecule has 2 nitrogen and oxygen atoms in total. The minimum absolute atomic E-state index is 0.246. The largest absolute Gasteiger partial charge is 0.356 e. The molecule has 3 unspecified atom stereocenters. The van der Waals surface area contributed by atoms with Crippen LogP contribution in [0.15, 0.2) is 24.3 Å². The molecule has 3 heteroatoms. The van der Waals surface area contributed by atoms with E-state index in [1.807, 2.05) is 0 Å². The summed E-state index contributed by atoms with van der Waals surface area (Å²) in [4.78, 5) is 12.4. The predicted molar refractivity (Wildman–Crippen MR) is 89.8 cm³/mol. The minimum atomic E-state index is 0.246. The zero-order valence-electron chi connectivity index (χ0n) is 12.5. The van der Waals surface area contributed by atoms with Gasteiger partial charge in [-0.1, -0.05) is 53.0 Å². The number of aryl methyl sites for hydroxylation is 1. The molecule has 114 valence electrons. The van der Waals surface area contributed by atoms with Crippen LogP contribution >= 0.6 is 15.9 Å². The lowest BCUT2D eigenvalue weighted by Crippen LogP contribution is -2.26. The molecule has 3 atom stereocenters. The van der Waals surface area contributed by atoms with Crippen molar-refractivity contribution in [3.63, 3.8) is 0 Å². The predicted octanol–water partition coefficient (Wildman–Crippen LogP) is 4.03. The maximum absolute atomic E-state index is 12.4. The van der Waals surface area contributed by atoms with Crippen LogP contribution in [0.2, 0.25) is 0 Å². The quantitative estimate of drug-likeness (QED) is 0.584. The maximum atomic E-state index is 12.4. The van der Waals surface area contributed by atoms with Gasteiger partial charge in [-0.15, -0.1) is 0 Å². The van der Waals surface area contributed by atoms with E-state index in [-0.39, 0.29) is 5.92 Å². The Kier molecular flexibility index (Phi) is 4.99. The highest BCUT2D eigenvalue weighted by atomic mass is 79.9. The van der Waals surface area contributed by atoms with Crippen LogP contribution in [0.1, 0.15) is 49.1 Å². The highest BCUT2D eigenvalue weighted by Crippen LogP contribution is 2.59. The maximum Gasteiger partial charge on any atom is 0.224 e. The molecule has 1 aromatic carbocycles. The van der Waals surface area contributed by atoms with Crippen LogP contribution < -0.4 is 5.32 Å². The molecule has 1 N–H and O–H groups in total. The molecule has 0 spiro atoms. The van der Waals surface area contributed by atoms with E-state index in [0.29, 0.717) is 17.7 Å². The number of carbonyl (C=O) groups is 1. The highest BCUT2D eigenvalue weighted by Gasteiger charge is 2.56. The van der Waals surface area contributed by atoms with Gasteiger partial charge in [0, 0.05) is 17.8 Å². The van der Waals surface area contributed by atoms with Crippen molar-refractivity contribution in [1.82, 2.24) is 5.32 Å². The second-order valence-corrected chi connectivity index (χ2v) is 7.14. The van der Waals surface area contributed by atoms with Gasteiger partial charge in [-0.05, 0) is 48.6 Å². The number of nitrogens with one attached hydrogen (secondary N) is 1. The topological polar surface area (TPSA) is 29.1 Å². The molecule has 0 saturated heterocycles. The Morgan fingerprint density at radius 2 is 2.00 bits per heavy atom. The van der Waals surface area contributed by atoms with Crippen molar-refractivity contribution in [3.05, 3.63) is 35.4 Å². The lowest BCUT2D eigenvalue weighted by molar-refractivity contribution is -0.122. The third-order valence-corrected chi connectivity index (χ3v) is 5.55. The first-order chi connectivity index (χ1) is 10.3. The molecule has 0 aliphatic heterocycles. The monoisotopic (exact) mass is 349 g/mol. The van der Waals surface area contributed by atoms with E-state index in [1.165, 1.54) is 36.8 Å². The van der Waals surface area contributed by atoms with Crippen LogP contribution in [0.3, 0.4) is 0 Å². The Bertz CT molecular complexity index is 502. The number of hydrogen-bond acceptors (Lipinski definition) is 1. The van der Waals surface area contributed by atoms with E-state index < -0.39 is 0 Å². The van der Waals surface area contributed by atoms with Crippen molar-refractivity contribution in [3.8, 4) is 0 Å². The SMILES string of the molecule is O=C(NCCCCCCBr)C1C2CCc3ccccc3C21. The van der Waals surface area contributed by atoms with Gasteiger partial charge < -0.3 is 5.32 Å². The van der Waals surface area contributed by atoms with Crippen LogP contribution in [0, 0.1) is 11.8 Å². The van der Waals surface area contributed by atoms with E-state index in [4.69, 9.17) is 0 Å². The molecular weight excluding hydrogens is 326 g/mol. The van der Waals surface area contributed by atoms with E-state index in [9.17, 15) is 4.79 Å². The van der Waals surface area contributed by atoms with Gasteiger partial charge in [0.2, 0.25) is 5.91 Å². The Balaban J connectivity index is 1.46. The van der Waals surface area contributed by atoms with E-state index >= 15 is 0 Å². The number of rotatable bonds is 7. The summed E-state index contributed by atoms with van der Waals surface area (Å²) in [6.07, 6.45) is 7.14. The fourth-order valence-corrected chi connectivity index (χ4v) is 4.22. The van der Waals surface area contributed by atoms with Gasteiger partial charge in [-0.25, -0.2) is 0 Å². The van der Waals surface area contributed by atoms with E-state index in [1.54, 1.807) is 0 Å². The average molecular weight is 350 g/mol.